The van der Waals surface area contributed by atoms with Crippen LogP contribution in [0.25, 0.3) is 0 Å². The van der Waals surface area contributed by atoms with Gasteiger partial charge in [-0.15, -0.1) is 0 Å². The Morgan fingerprint density at radius 1 is 1.10 bits per heavy atom. The van der Waals surface area contributed by atoms with E-state index in [1.54, 1.807) is 38.1 Å². The Morgan fingerprint density at radius 3 is 2.50 bits per heavy atom. The molecule has 0 bridgehead atoms. The predicted molar refractivity (Wildman–Crippen MR) is 158 cm³/mol. The number of ether oxygens (including phenoxy) is 4. The van der Waals surface area contributed by atoms with Crippen LogP contribution in [-0.2, 0) is 38.1 Å². The molecule has 0 saturated heterocycles. The van der Waals surface area contributed by atoms with Gasteiger partial charge in [-0.1, -0.05) is 49.6 Å². The second-order valence-corrected chi connectivity index (χ2v) is 10.2. The van der Waals surface area contributed by atoms with Crippen LogP contribution < -0.4 is 11.1 Å². The number of methoxy groups -OCH3 is 1. The number of nitrogens with two attached hydrogens (primary N) is 1. The number of unbranched alkanes of at least 4 members (excludes halogenated alkanes) is 2. The summed E-state index contributed by atoms with van der Waals surface area (Å²) in [6.45, 7) is 6.07. The van der Waals surface area contributed by atoms with Crippen LogP contribution in [0.4, 0.5) is 0 Å². The predicted octanol–water partition coefficient (Wildman–Crippen LogP) is 3.48. The third kappa shape index (κ3) is 10.2. The highest BCUT2D eigenvalue weighted by Crippen LogP contribution is 2.42. The number of nitrogens with zero attached hydrogens (tertiary/aromatic N) is 1. The lowest BCUT2D eigenvalue weighted by molar-refractivity contribution is -0.146. The molecule has 1 aliphatic rings. The van der Waals surface area contributed by atoms with E-state index in [1.165, 1.54) is 7.11 Å². The highest BCUT2D eigenvalue weighted by atomic mass is 35.5. The molecule has 1 aliphatic heterocycles. The first-order valence-electron chi connectivity index (χ1n) is 14.2. The van der Waals surface area contributed by atoms with E-state index in [9.17, 15) is 19.2 Å². The smallest absolute Gasteiger partial charge is 0.336 e. The second-order valence-electron chi connectivity index (χ2n) is 9.76. The highest BCUT2D eigenvalue weighted by molar-refractivity contribution is 6.31. The molecule has 3 N–H and O–H groups in total. The van der Waals surface area contributed by atoms with Crippen molar-refractivity contribution in [3.63, 3.8) is 0 Å². The Morgan fingerprint density at radius 2 is 1.83 bits per heavy atom. The zero-order valence-electron chi connectivity index (χ0n) is 24.8. The lowest BCUT2D eigenvalue weighted by Crippen LogP contribution is -2.37. The molecule has 232 valence electrons. The SMILES string of the molecule is CCCCCOC(=O)[C@@H](N)CCC(=O)NCCOCC1=C(C(=O)OCC)C(c2ccccc2Cl)C(C(=O)OC)C(C)=N1. The van der Waals surface area contributed by atoms with E-state index in [1.807, 2.05) is 0 Å². The van der Waals surface area contributed by atoms with E-state index in [0.717, 1.165) is 19.3 Å². The molecule has 42 heavy (non-hydrogen) atoms. The van der Waals surface area contributed by atoms with Crippen molar-refractivity contribution in [1.82, 2.24) is 5.32 Å². The minimum Gasteiger partial charge on any atom is -0.468 e. The first-order chi connectivity index (χ1) is 20.2. The molecule has 1 aromatic rings. The van der Waals surface area contributed by atoms with Crippen molar-refractivity contribution in [2.45, 2.75) is 64.8 Å². The molecule has 0 spiro atoms. The van der Waals surface area contributed by atoms with Crippen molar-refractivity contribution < 1.29 is 38.1 Å². The van der Waals surface area contributed by atoms with Gasteiger partial charge in [0, 0.05) is 29.6 Å². The molecule has 1 heterocycles. The van der Waals surface area contributed by atoms with Crippen molar-refractivity contribution >= 4 is 41.1 Å². The molecule has 0 fully saturated rings. The van der Waals surface area contributed by atoms with Gasteiger partial charge >= 0.3 is 17.9 Å². The van der Waals surface area contributed by atoms with Gasteiger partial charge in [-0.2, -0.15) is 0 Å². The average Bonchev–Trinajstić information content (AvgIpc) is 2.97. The standard InChI is InChI=1S/C30H42ClN3O8/c1-5-7-10-16-42-28(36)22(32)13-14-24(35)33-15-17-40-18-23-27(30(38)41-6-2)26(20-11-8-9-12-21(20)31)25(19(3)34-23)29(37)39-4/h8-9,11-12,22,25-26H,5-7,10,13-18,32H2,1-4H3,(H,33,35)/t22-,25?,26?/m0/s1. The monoisotopic (exact) mass is 607 g/mol. The summed E-state index contributed by atoms with van der Waals surface area (Å²) in [7, 11) is 1.27. The molecule has 1 amide bonds. The number of amides is 1. The minimum absolute atomic E-state index is 0.0569. The summed E-state index contributed by atoms with van der Waals surface area (Å²) in [6.07, 6.45) is 2.99. The number of carbonyl (C=O) groups is 4. The normalized spacial score (nSPS) is 17.2. The summed E-state index contributed by atoms with van der Waals surface area (Å²) in [5, 5.41) is 3.09. The van der Waals surface area contributed by atoms with Crippen molar-refractivity contribution in [3.05, 3.63) is 46.1 Å². The topological polar surface area (TPSA) is 156 Å². The van der Waals surface area contributed by atoms with Gasteiger partial charge in [0.2, 0.25) is 5.91 Å². The highest BCUT2D eigenvalue weighted by Gasteiger charge is 2.43. The third-order valence-electron chi connectivity index (χ3n) is 6.69. The number of hydrogen-bond donors (Lipinski definition) is 2. The van der Waals surface area contributed by atoms with Crippen LogP contribution >= 0.6 is 11.6 Å². The maximum atomic E-state index is 13.2. The number of benzene rings is 1. The lowest BCUT2D eigenvalue weighted by Gasteiger charge is -2.32. The molecular weight excluding hydrogens is 566 g/mol. The van der Waals surface area contributed by atoms with E-state index >= 15 is 0 Å². The van der Waals surface area contributed by atoms with Gasteiger partial charge in [-0.05, 0) is 38.3 Å². The fourth-order valence-corrected chi connectivity index (χ4v) is 4.80. The van der Waals surface area contributed by atoms with Crippen LogP contribution in [0, 0.1) is 5.92 Å². The molecule has 12 heteroatoms. The molecule has 3 atom stereocenters. The van der Waals surface area contributed by atoms with Crippen molar-refractivity contribution in [1.29, 1.82) is 0 Å². The summed E-state index contributed by atoms with van der Waals surface area (Å²) in [4.78, 5) is 54.7. The summed E-state index contributed by atoms with van der Waals surface area (Å²) < 4.78 is 21.3. The molecule has 2 unspecified atom stereocenters. The van der Waals surface area contributed by atoms with Gasteiger partial charge in [-0.3, -0.25) is 19.4 Å². The Balaban J connectivity index is 2.04. The Bertz CT molecular complexity index is 1150. The van der Waals surface area contributed by atoms with Gasteiger partial charge in [0.1, 0.15) is 12.0 Å². The zero-order valence-corrected chi connectivity index (χ0v) is 25.5. The van der Waals surface area contributed by atoms with Crippen LogP contribution in [0.1, 0.15) is 64.4 Å². The summed E-state index contributed by atoms with van der Waals surface area (Å²) in [5.74, 6) is -3.69. The first kappa shape index (κ1) is 34.9. The van der Waals surface area contributed by atoms with Crippen LogP contribution in [0.15, 0.2) is 40.5 Å². The molecule has 0 aliphatic carbocycles. The van der Waals surface area contributed by atoms with Crippen LogP contribution in [-0.4, -0.2) is 75.7 Å². The Labute approximate surface area is 252 Å². The molecule has 0 saturated carbocycles. The summed E-state index contributed by atoms with van der Waals surface area (Å²) in [6, 6.07) is 6.07. The third-order valence-corrected chi connectivity index (χ3v) is 7.04. The van der Waals surface area contributed by atoms with Crippen molar-refractivity contribution in [3.8, 4) is 0 Å². The Kier molecular flexibility index (Phi) is 15.2. The van der Waals surface area contributed by atoms with E-state index in [4.69, 9.17) is 36.3 Å². The number of rotatable bonds is 17. The van der Waals surface area contributed by atoms with Crippen molar-refractivity contribution in [2.24, 2.45) is 16.6 Å². The largest absolute Gasteiger partial charge is 0.468 e. The maximum Gasteiger partial charge on any atom is 0.336 e. The minimum atomic E-state index is -0.891. The van der Waals surface area contributed by atoms with E-state index in [0.29, 0.717) is 28.6 Å². The number of hydrogen-bond acceptors (Lipinski definition) is 10. The lowest BCUT2D eigenvalue weighted by atomic mass is 9.75. The van der Waals surface area contributed by atoms with E-state index in [2.05, 4.69) is 17.2 Å². The fraction of sp³-hybridized carbons (Fsp3) is 0.567. The van der Waals surface area contributed by atoms with Gasteiger partial charge in [-0.25, -0.2) is 4.79 Å². The quantitative estimate of drug-likeness (QED) is 0.154. The summed E-state index contributed by atoms with van der Waals surface area (Å²) >= 11 is 6.51. The molecule has 0 aromatic heterocycles. The fourth-order valence-electron chi connectivity index (χ4n) is 4.55. The van der Waals surface area contributed by atoms with Crippen LogP contribution in [0.2, 0.25) is 5.02 Å². The first-order valence-corrected chi connectivity index (χ1v) is 14.6. The van der Waals surface area contributed by atoms with Gasteiger partial charge in [0.05, 0.1) is 44.8 Å². The number of carbonyl (C=O) groups excluding carboxylic acids is 4. The average molecular weight is 608 g/mol. The maximum absolute atomic E-state index is 13.2. The number of halogens is 1. The number of nitrogens with one attached hydrogen (secondary N) is 1. The molecule has 1 aromatic carbocycles. The van der Waals surface area contributed by atoms with Crippen LogP contribution in [0.3, 0.4) is 0 Å². The molecule has 0 radical (unpaired) electrons. The molecular formula is C30H42ClN3O8. The van der Waals surface area contributed by atoms with E-state index < -0.39 is 35.8 Å². The summed E-state index contributed by atoms with van der Waals surface area (Å²) in [5.41, 5.74) is 7.28. The zero-order chi connectivity index (χ0) is 31.1. The number of aliphatic imine (C=N–C) groups is 1. The van der Waals surface area contributed by atoms with E-state index in [-0.39, 0.29) is 50.7 Å². The van der Waals surface area contributed by atoms with Gasteiger partial charge in [0.25, 0.3) is 0 Å². The molecule has 11 nitrogen and oxygen atoms in total. The van der Waals surface area contributed by atoms with Crippen LogP contribution in [0.5, 0.6) is 0 Å². The number of esters is 3. The van der Waals surface area contributed by atoms with Gasteiger partial charge in [0.15, 0.2) is 0 Å². The second kappa shape index (κ2) is 18.3. The van der Waals surface area contributed by atoms with Gasteiger partial charge < -0.3 is 30.0 Å². The van der Waals surface area contributed by atoms with Crippen molar-refractivity contribution in [2.75, 3.05) is 40.1 Å². The molecule has 2 rings (SSSR count). The Hall–Kier alpha value is -3.28.